The molecule has 1 fully saturated rings. The average molecular weight is 221 g/mol. The zero-order valence-electron chi connectivity index (χ0n) is 9.78. The first-order valence-electron chi connectivity index (χ1n) is 5.79. The summed E-state index contributed by atoms with van der Waals surface area (Å²) in [6.45, 7) is 6.19. The fourth-order valence-electron chi connectivity index (χ4n) is 2.01. The van der Waals surface area contributed by atoms with E-state index in [4.69, 9.17) is 10.5 Å². The second kappa shape index (κ2) is 5.27. The highest BCUT2D eigenvalue weighted by molar-refractivity contribution is 5.53. The molecule has 88 valence electrons. The van der Waals surface area contributed by atoms with Crippen molar-refractivity contribution in [1.29, 1.82) is 0 Å². The van der Waals surface area contributed by atoms with Crippen LogP contribution in [0.2, 0.25) is 0 Å². The average Bonchev–Trinajstić information content (AvgIpc) is 2.57. The summed E-state index contributed by atoms with van der Waals surface area (Å²) in [6.07, 6.45) is 2.96. The fourth-order valence-corrected chi connectivity index (χ4v) is 2.01. The Morgan fingerprint density at radius 2 is 2.31 bits per heavy atom. The summed E-state index contributed by atoms with van der Waals surface area (Å²) < 4.78 is 5.46. The number of ether oxygens (including phenoxy) is 1. The van der Waals surface area contributed by atoms with Crippen LogP contribution in [0.15, 0.2) is 12.3 Å². The lowest BCUT2D eigenvalue weighted by molar-refractivity contribution is 0.152. The van der Waals surface area contributed by atoms with Crippen LogP contribution in [0, 0.1) is 6.92 Å². The summed E-state index contributed by atoms with van der Waals surface area (Å²) in [7, 11) is 0. The monoisotopic (exact) mass is 221 g/mol. The van der Waals surface area contributed by atoms with E-state index in [1.165, 1.54) is 5.69 Å². The van der Waals surface area contributed by atoms with E-state index in [1.807, 2.05) is 13.1 Å². The van der Waals surface area contributed by atoms with Gasteiger partial charge in [-0.05, 0) is 19.4 Å². The molecule has 2 rings (SSSR count). The number of hydrogen-bond donors (Lipinski definition) is 1. The summed E-state index contributed by atoms with van der Waals surface area (Å²) >= 11 is 0. The van der Waals surface area contributed by atoms with Crippen LogP contribution in [0.3, 0.4) is 0 Å². The highest BCUT2D eigenvalue weighted by Gasteiger charge is 2.13. The van der Waals surface area contributed by atoms with Crippen molar-refractivity contribution in [3.8, 4) is 0 Å². The van der Waals surface area contributed by atoms with Gasteiger partial charge in [0.1, 0.15) is 0 Å². The van der Waals surface area contributed by atoms with Gasteiger partial charge in [-0.25, -0.2) is 0 Å². The quantitative estimate of drug-likeness (QED) is 0.811. The SMILES string of the molecule is Cc1cc(N2CCCOCC2)c(CN)cn1. The predicted octanol–water partition coefficient (Wildman–Crippen LogP) is 1.08. The molecule has 2 heterocycles. The Bertz CT molecular complexity index is 346. The van der Waals surface area contributed by atoms with Gasteiger partial charge in [0.25, 0.3) is 0 Å². The van der Waals surface area contributed by atoms with E-state index in [-0.39, 0.29) is 0 Å². The van der Waals surface area contributed by atoms with Crippen molar-refractivity contribution in [2.75, 3.05) is 31.2 Å². The van der Waals surface area contributed by atoms with Crippen molar-refractivity contribution in [2.24, 2.45) is 5.73 Å². The summed E-state index contributed by atoms with van der Waals surface area (Å²) in [5.41, 5.74) is 9.13. The van der Waals surface area contributed by atoms with Gasteiger partial charge in [-0.3, -0.25) is 4.98 Å². The number of aromatic nitrogens is 1. The van der Waals surface area contributed by atoms with E-state index in [2.05, 4.69) is 16.0 Å². The molecule has 0 saturated carbocycles. The zero-order valence-corrected chi connectivity index (χ0v) is 9.78. The van der Waals surface area contributed by atoms with Crippen molar-refractivity contribution in [1.82, 2.24) is 4.98 Å². The Kier molecular flexibility index (Phi) is 3.74. The van der Waals surface area contributed by atoms with E-state index in [0.29, 0.717) is 6.54 Å². The second-order valence-electron chi connectivity index (χ2n) is 4.11. The minimum atomic E-state index is 0.542. The molecule has 2 N–H and O–H groups in total. The molecule has 0 bridgehead atoms. The lowest BCUT2D eigenvalue weighted by Gasteiger charge is -2.24. The third kappa shape index (κ3) is 2.51. The van der Waals surface area contributed by atoms with Gasteiger partial charge < -0.3 is 15.4 Å². The minimum Gasteiger partial charge on any atom is -0.380 e. The number of rotatable bonds is 2. The topological polar surface area (TPSA) is 51.4 Å². The van der Waals surface area contributed by atoms with Gasteiger partial charge in [0.15, 0.2) is 0 Å². The molecule has 0 spiro atoms. The van der Waals surface area contributed by atoms with Crippen LogP contribution in [0.25, 0.3) is 0 Å². The van der Waals surface area contributed by atoms with Crippen molar-refractivity contribution in [3.63, 3.8) is 0 Å². The molecule has 0 amide bonds. The molecule has 1 aromatic rings. The molecule has 0 unspecified atom stereocenters. The van der Waals surface area contributed by atoms with Crippen LogP contribution >= 0.6 is 0 Å². The Balaban J connectivity index is 2.25. The van der Waals surface area contributed by atoms with Crippen molar-refractivity contribution in [3.05, 3.63) is 23.5 Å². The lowest BCUT2D eigenvalue weighted by Crippen LogP contribution is -2.27. The standard InChI is InChI=1S/C12H19N3O/c1-10-7-12(11(8-13)9-14-10)15-3-2-5-16-6-4-15/h7,9H,2-6,8,13H2,1H3. The molecule has 0 atom stereocenters. The molecule has 1 aliphatic rings. The smallest absolute Gasteiger partial charge is 0.0641 e. The molecule has 1 aliphatic heterocycles. The van der Waals surface area contributed by atoms with Gasteiger partial charge in [0, 0.05) is 49.4 Å². The number of aryl methyl sites for hydroxylation is 1. The summed E-state index contributed by atoms with van der Waals surface area (Å²) in [5, 5.41) is 0. The number of nitrogens with zero attached hydrogens (tertiary/aromatic N) is 2. The van der Waals surface area contributed by atoms with E-state index in [9.17, 15) is 0 Å². The Hall–Kier alpha value is -1.13. The van der Waals surface area contributed by atoms with Gasteiger partial charge >= 0.3 is 0 Å². The Morgan fingerprint density at radius 3 is 3.12 bits per heavy atom. The van der Waals surface area contributed by atoms with Gasteiger partial charge in [-0.1, -0.05) is 0 Å². The molecule has 0 radical (unpaired) electrons. The van der Waals surface area contributed by atoms with Crippen LogP contribution in [-0.2, 0) is 11.3 Å². The van der Waals surface area contributed by atoms with Crippen LogP contribution in [0.1, 0.15) is 17.7 Å². The second-order valence-corrected chi connectivity index (χ2v) is 4.11. The summed E-state index contributed by atoms with van der Waals surface area (Å²) in [5.74, 6) is 0. The van der Waals surface area contributed by atoms with Crippen LogP contribution in [-0.4, -0.2) is 31.3 Å². The third-order valence-corrected chi connectivity index (χ3v) is 2.88. The molecule has 16 heavy (non-hydrogen) atoms. The lowest BCUT2D eigenvalue weighted by atomic mass is 10.2. The number of nitrogens with two attached hydrogens (primary N) is 1. The minimum absolute atomic E-state index is 0.542. The summed E-state index contributed by atoms with van der Waals surface area (Å²) in [6, 6.07) is 2.12. The van der Waals surface area contributed by atoms with E-state index >= 15 is 0 Å². The van der Waals surface area contributed by atoms with E-state index in [0.717, 1.165) is 44.0 Å². The van der Waals surface area contributed by atoms with Gasteiger partial charge in [0.05, 0.1) is 6.61 Å². The number of anilines is 1. The van der Waals surface area contributed by atoms with E-state index < -0.39 is 0 Å². The normalized spacial score (nSPS) is 17.2. The number of pyridine rings is 1. The van der Waals surface area contributed by atoms with Gasteiger partial charge in [-0.2, -0.15) is 0 Å². The molecule has 0 aliphatic carbocycles. The van der Waals surface area contributed by atoms with E-state index in [1.54, 1.807) is 0 Å². The maximum absolute atomic E-state index is 5.75. The Morgan fingerprint density at radius 1 is 1.44 bits per heavy atom. The van der Waals surface area contributed by atoms with Crippen molar-refractivity contribution in [2.45, 2.75) is 19.9 Å². The first kappa shape index (κ1) is 11.4. The van der Waals surface area contributed by atoms with Crippen molar-refractivity contribution >= 4 is 5.69 Å². The Labute approximate surface area is 96.4 Å². The maximum atomic E-state index is 5.75. The third-order valence-electron chi connectivity index (χ3n) is 2.88. The molecule has 1 saturated heterocycles. The molecular weight excluding hydrogens is 202 g/mol. The fraction of sp³-hybridized carbons (Fsp3) is 0.583. The summed E-state index contributed by atoms with van der Waals surface area (Å²) in [4.78, 5) is 6.64. The highest BCUT2D eigenvalue weighted by Crippen LogP contribution is 2.21. The first-order valence-corrected chi connectivity index (χ1v) is 5.79. The van der Waals surface area contributed by atoms with Gasteiger partial charge in [-0.15, -0.1) is 0 Å². The van der Waals surface area contributed by atoms with Gasteiger partial charge in [0.2, 0.25) is 0 Å². The zero-order chi connectivity index (χ0) is 11.4. The molecule has 4 nitrogen and oxygen atoms in total. The van der Waals surface area contributed by atoms with Crippen LogP contribution < -0.4 is 10.6 Å². The largest absolute Gasteiger partial charge is 0.380 e. The number of hydrogen-bond acceptors (Lipinski definition) is 4. The predicted molar refractivity (Wildman–Crippen MR) is 64.5 cm³/mol. The molecule has 4 heteroatoms. The molecule has 1 aromatic heterocycles. The molecule has 0 aromatic carbocycles. The first-order chi connectivity index (χ1) is 7.81. The maximum Gasteiger partial charge on any atom is 0.0641 e. The van der Waals surface area contributed by atoms with Crippen LogP contribution in [0.4, 0.5) is 5.69 Å². The van der Waals surface area contributed by atoms with Crippen molar-refractivity contribution < 1.29 is 4.74 Å². The highest BCUT2D eigenvalue weighted by atomic mass is 16.5. The van der Waals surface area contributed by atoms with Crippen LogP contribution in [0.5, 0.6) is 0 Å². The molecular formula is C12H19N3O.